The average molecular weight is 417 g/mol. The van der Waals surface area contributed by atoms with E-state index in [9.17, 15) is 0 Å². The molecule has 2 aromatic heterocycles. The van der Waals surface area contributed by atoms with Crippen molar-refractivity contribution >= 4 is 38.5 Å². The van der Waals surface area contributed by atoms with Gasteiger partial charge in [-0.05, 0) is 47.9 Å². The summed E-state index contributed by atoms with van der Waals surface area (Å²) in [4.78, 5) is 13.1. The number of hydrogen-bond donors (Lipinski definition) is 1. The van der Waals surface area contributed by atoms with E-state index >= 15 is 0 Å². The van der Waals surface area contributed by atoms with Crippen molar-refractivity contribution in [2.24, 2.45) is 4.99 Å². The van der Waals surface area contributed by atoms with Gasteiger partial charge in [0.15, 0.2) is 0 Å². The third-order valence-electron chi connectivity index (χ3n) is 5.59. The van der Waals surface area contributed by atoms with Crippen molar-refractivity contribution in [1.29, 1.82) is 0 Å². The van der Waals surface area contributed by atoms with Gasteiger partial charge < -0.3 is 14.1 Å². The van der Waals surface area contributed by atoms with Gasteiger partial charge in [-0.2, -0.15) is 0 Å². The van der Waals surface area contributed by atoms with Gasteiger partial charge in [0, 0.05) is 10.8 Å². The van der Waals surface area contributed by atoms with Crippen LogP contribution in [0.25, 0.3) is 44.2 Å². The number of fused-ring (bicyclic) bond motifs is 3. The van der Waals surface area contributed by atoms with Crippen molar-refractivity contribution in [2.45, 2.75) is 0 Å². The van der Waals surface area contributed by atoms with Crippen LogP contribution in [0, 0.1) is 0 Å². The number of H-pyrrole nitrogens is 1. The molecule has 0 fully saturated rings. The maximum atomic E-state index is 6.31. The number of nitrogens with zero attached hydrogens (tertiary/aromatic N) is 2. The van der Waals surface area contributed by atoms with E-state index < -0.39 is 0 Å². The van der Waals surface area contributed by atoms with Crippen LogP contribution in [-0.2, 0) is 0 Å². The van der Waals surface area contributed by atoms with Gasteiger partial charge in [0.05, 0.1) is 29.4 Å². The number of aromatic nitrogens is 2. The van der Waals surface area contributed by atoms with Gasteiger partial charge in [0.1, 0.15) is 17.2 Å². The Morgan fingerprint density at radius 1 is 0.844 bits per heavy atom. The predicted octanol–water partition coefficient (Wildman–Crippen LogP) is 6.37. The number of benzene rings is 4. The smallest absolute Gasteiger partial charge is 0.230 e. The number of nitrogens with one attached hydrogen (secondary N) is 1. The number of hydrogen-bond acceptors (Lipinski definition) is 4. The molecule has 0 unspecified atom stereocenters. The molecule has 0 saturated carbocycles. The molecule has 0 spiro atoms. The number of aromatic amines is 1. The molecule has 0 bridgehead atoms. The molecule has 32 heavy (non-hydrogen) atoms. The van der Waals surface area contributed by atoms with Crippen LogP contribution in [0.5, 0.6) is 5.75 Å². The zero-order chi connectivity index (χ0) is 21.5. The molecule has 6 aromatic rings. The zero-order valence-corrected chi connectivity index (χ0v) is 17.4. The first-order chi connectivity index (χ1) is 15.8. The minimum absolute atomic E-state index is 0.498. The highest BCUT2D eigenvalue weighted by Crippen LogP contribution is 2.28. The molecule has 0 saturated heterocycles. The second-order valence-corrected chi connectivity index (χ2v) is 7.58. The Morgan fingerprint density at radius 2 is 1.69 bits per heavy atom. The summed E-state index contributed by atoms with van der Waals surface area (Å²) in [7, 11) is 1.66. The minimum Gasteiger partial charge on any atom is -0.497 e. The second kappa shape index (κ2) is 7.39. The Kier molecular flexibility index (Phi) is 4.25. The summed E-state index contributed by atoms with van der Waals surface area (Å²) in [6, 6.07) is 30.0. The molecule has 1 N–H and O–H groups in total. The Bertz CT molecular complexity index is 1640. The molecule has 0 aliphatic carbocycles. The Balaban J connectivity index is 1.67. The van der Waals surface area contributed by atoms with Gasteiger partial charge in [0.25, 0.3) is 0 Å². The highest BCUT2D eigenvalue weighted by Gasteiger charge is 2.12. The van der Waals surface area contributed by atoms with Gasteiger partial charge in [-0.25, -0.2) is 9.98 Å². The maximum Gasteiger partial charge on any atom is 0.230 e. The molecule has 6 rings (SSSR count). The first-order valence-corrected chi connectivity index (χ1v) is 10.4. The molecule has 0 amide bonds. The van der Waals surface area contributed by atoms with E-state index in [0.29, 0.717) is 11.4 Å². The fourth-order valence-corrected chi connectivity index (χ4v) is 3.98. The fraction of sp³-hybridized carbons (Fsp3) is 0.0370. The summed E-state index contributed by atoms with van der Waals surface area (Å²) >= 11 is 0. The van der Waals surface area contributed by atoms with Crippen LogP contribution in [0.15, 0.2) is 100 Å². The SMILES string of the molecule is COc1ccc2oc(=Nc3cccc4ccccc34)c(-c3nc4ccccc4[nH]3)cc2c1. The van der Waals surface area contributed by atoms with E-state index in [4.69, 9.17) is 19.1 Å². The topological polar surface area (TPSA) is 63.4 Å². The van der Waals surface area contributed by atoms with Crippen LogP contribution in [0.4, 0.5) is 5.69 Å². The van der Waals surface area contributed by atoms with E-state index in [-0.39, 0.29) is 0 Å². The zero-order valence-electron chi connectivity index (χ0n) is 17.4. The Morgan fingerprint density at radius 3 is 2.59 bits per heavy atom. The summed E-state index contributed by atoms with van der Waals surface area (Å²) in [5, 5.41) is 3.11. The fourth-order valence-electron chi connectivity index (χ4n) is 3.98. The highest BCUT2D eigenvalue weighted by atomic mass is 16.5. The first-order valence-electron chi connectivity index (χ1n) is 10.4. The van der Waals surface area contributed by atoms with Crippen molar-refractivity contribution in [3.63, 3.8) is 0 Å². The molecule has 4 aromatic carbocycles. The lowest BCUT2D eigenvalue weighted by molar-refractivity contribution is 0.415. The lowest BCUT2D eigenvalue weighted by Gasteiger charge is -2.06. The lowest BCUT2D eigenvalue weighted by Crippen LogP contribution is -2.06. The predicted molar refractivity (Wildman–Crippen MR) is 127 cm³/mol. The summed E-state index contributed by atoms with van der Waals surface area (Å²) < 4.78 is 11.7. The van der Waals surface area contributed by atoms with Crippen molar-refractivity contribution in [2.75, 3.05) is 7.11 Å². The van der Waals surface area contributed by atoms with E-state index in [0.717, 1.165) is 49.8 Å². The van der Waals surface area contributed by atoms with Gasteiger partial charge in [-0.15, -0.1) is 0 Å². The largest absolute Gasteiger partial charge is 0.497 e. The maximum absolute atomic E-state index is 6.31. The monoisotopic (exact) mass is 417 g/mol. The standard InChI is InChI=1S/C27H19N3O2/c1-31-19-13-14-25-18(15-19)16-21(26-28-23-10-4-5-11-24(23)29-26)27(32-25)30-22-12-6-8-17-7-2-3-9-20(17)22/h2-16H,1H3,(H,28,29). The Hall–Kier alpha value is -4.38. The van der Waals surface area contributed by atoms with Crippen LogP contribution < -0.4 is 10.3 Å². The summed E-state index contributed by atoms with van der Waals surface area (Å²) in [5.41, 5.74) is 4.71. The quantitative estimate of drug-likeness (QED) is 0.364. The summed E-state index contributed by atoms with van der Waals surface area (Å²) in [6.07, 6.45) is 0. The molecule has 0 aliphatic heterocycles. The van der Waals surface area contributed by atoms with Gasteiger partial charge in [-0.3, -0.25) is 0 Å². The normalized spacial score (nSPS) is 12.1. The first kappa shape index (κ1) is 18.4. The van der Waals surface area contributed by atoms with E-state index in [1.54, 1.807) is 7.11 Å². The molecular weight excluding hydrogens is 398 g/mol. The summed E-state index contributed by atoms with van der Waals surface area (Å²) in [6.45, 7) is 0. The van der Waals surface area contributed by atoms with E-state index in [1.807, 2.05) is 72.8 Å². The van der Waals surface area contributed by atoms with E-state index in [2.05, 4.69) is 23.2 Å². The van der Waals surface area contributed by atoms with Crippen LogP contribution in [0.3, 0.4) is 0 Å². The minimum atomic E-state index is 0.498. The highest BCUT2D eigenvalue weighted by molar-refractivity contribution is 5.92. The number of imidazole rings is 1. The number of rotatable bonds is 3. The molecule has 0 radical (unpaired) electrons. The van der Waals surface area contributed by atoms with Crippen molar-refractivity contribution in [1.82, 2.24) is 9.97 Å². The lowest BCUT2D eigenvalue weighted by atomic mass is 10.1. The number of para-hydroxylation sites is 2. The molecule has 5 nitrogen and oxygen atoms in total. The van der Waals surface area contributed by atoms with Gasteiger partial charge in [-0.1, -0.05) is 48.5 Å². The molecule has 2 heterocycles. The number of ether oxygens (including phenoxy) is 1. The number of methoxy groups -OCH3 is 1. The third-order valence-corrected chi connectivity index (χ3v) is 5.59. The van der Waals surface area contributed by atoms with Crippen molar-refractivity contribution in [3.8, 4) is 17.1 Å². The molecule has 154 valence electrons. The Labute approximate surface area is 183 Å². The van der Waals surface area contributed by atoms with Crippen molar-refractivity contribution in [3.05, 3.63) is 96.5 Å². The molecule has 0 aliphatic rings. The van der Waals surface area contributed by atoms with Crippen molar-refractivity contribution < 1.29 is 9.15 Å². The summed E-state index contributed by atoms with van der Waals surface area (Å²) in [5.74, 6) is 1.47. The molecule has 0 atom stereocenters. The average Bonchev–Trinajstić information content (AvgIpc) is 3.28. The second-order valence-electron chi connectivity index (χ2n) is 7.58. The van der Waals surface area contributed by atoms with Gasteiger partial charge >= 0.3 is 0 Å². The molecule has 5 heteroatoms. The van der Waals surface area contributed by atoms with Crippen LogP contribution in [-0.4, -0.2) is 17.1 Å². The van der Waals surface area contributed by atoms with Gasteiger partial charge in [0.2, 0.25) is 5.55 Å². The van der Waals surface area contributed by atoms with Crippen LogP contribution in [0.1, 0.15) is 0 Å². The third kappa shape index (κ3) is 3.11. The molecular formula is C27H19N3O2. The van der Waals surface area contributed by atoms with Crippen LogP contribution in [0.2, 0.25) is 0 Å². The van der Waals surface area contributed by atoms with E-state index in [1.165, 1.54) is 0 Å². The van der Waals surface area contributed by atoms with Crippen LogP contribution >= 0.6 is 0 Å².